The molecule has 0 saturated carbocycles. The van der Waals surface area contributed by atoms with E-state index >= 15 is 0 Å². The Bertz CT molecular complexity index is 1380. The van der Waals surface area contributed by atoms with Gasteiger partial charge in [0.2, 0.25) is 5.91 Å². The van der Waals surface area contributed by atoms with Crippen LogP contribution >= 0.6 is 0 Å². The van der Waals surface area contributed by atoms with Crippen molar-refractivity contribution < 1.29 is 33.6 Å². The van der Waals surface area contributed by atoms with Crippen LogP contribution in [0.4, 0.5) is 0 Å². The van der Waals surface area contributed by atoms with Gasteiger partial charge in [-0.05, 0) is 60.9 Å². The number of primary amides is 1. The molecular formula is C29H29NO7. The Kier molecular flexibility index (Phi) is 6.71. The van der Waals surface area contributed by atoms with Gasteiger partial charge < -0.3 is 29.8 Å². The van der Waals surface area contributed by atoms with E-state index in [-0.39, 0.29) is 16.7 Å². The lowest BCUT2D eigenvalue weighted by Crippen LogP contribution is -2.47. The molecule has 8 nitrogen and oxygen atoms in total. The van der Waals surface area contributed by atoms with Gasteiger partial charge in [-0.1, -0.05) is 30.3 Å². The number of amides is 1. The zero-order valence-electron chi connectivity index (χ0n) is 21.3. The molecule has 1 amide bonds. The summed E-state index contributed by atoms with van der Waals surface area (Å²) in [4.78, 5) is 26.8. The number of benzene rings is 3. The van der Waals surface area contributed by atoms with E-state index in [0.29, 0.717) is 33.9 Å². The van der Waals surface area contributed by atoms with Crippen LogP contribution in [0.3, 0.4) is 0 Å². The number of aryl methyl sites for hydroxylation is 1. The van der Waals surface area contributed by atoms with Gasteiger partial charge in [0, 0.05) is 17.2 Å². The second kappa shape index (κ2) is 9.63. The van der Waals surface area contributed by atoms with E-state index in [4.69, 9.17) is 24.7 Å². The predicted octanol–water partition coefficient (Wildman–Crippen LogP) is 3.62. The summed E-state index contributed by atoms with van der Waals surface area (Å²) in [6, 6.07) is 18.5. The fourth-order valence-electron chi connectivity index (χ4n) is 4.78. The van der Waals surface area contributed by atoms with Gasteiger partial charge in [-0.2, -0.15) is 0 Å². The van der Waals surface area contributed by atoms with Gasteiger partial charge in [0.15, 0.2) is 0 Å². The lowest BCUT2D eigenvalue weighted by Gasteiger charge is -2.36. The van der Waals surface area contributed by atoms with Crippen LogP contribution in [-0.4, -0.2) is 38.3 Å². The van der Waals surface area contributed by atoms with Crippen molar-refractivity contribution in [3.8, 4) is 17.2 Å². The molecular weight excluding hydrogens is 474 g/mol. The molecule has 0 radical (unpaired) electrons. The molecule has 1 aliphatic rings. The molecule has 3 aromatic rings. The van der Waals surface area contributed by atoms with Gasteiger partial charge in [-0.25, -0.2) is 4.79 Å². The van der Waals surface area contributed by atoms with Crippen molar-refractivity contribution in [1.82, 2.24) is 0 Å². The van der Waals surface area contributed by atoms with Crippen LogP contribution in [0.15, 0.2) is 72.3 Å². The quantitative estimate of drug-likeness (QED) is 0.451. The molecule has 2 unspecified atom stereocenters. The summed E-state index contributed by atoms with van der Waals surface area (Å²) >= 11 is 0. The molecule has 2 atom stereocenters. The second-order valence-corrected chi connectivity index (χ2v) is 8.92. The topological polar surface area (TPSA) is 117 Å². The number of nitrogens with two attached hydrogens (primary N) is 1. The van der Waals surface area contributed by atoms with Crippen LogP contribution in [0.1, 0.15) is 29.2 Å². The maximum absolute atomic E-state index is 13.6. The minimum Gasteiger partial charge on any atom is -0.497 e. The number of hydrogen-bond donors (Lipinski definition) is 2. The molecule has 1 aliphatic heterocycles. The number of ether oxygens (including phenoxy) is 4. The SMILES string of the molecule is COc1cc(OC)cc(C2=C(C(C)(C(N)=O)c3ccccc3)C(O)(c3ccc(OC)c(C)c3)OC2=O)c1. The lowest BCUT2D eigenvalue weighted by atomic mass is 9.68. The Morgan fingerprint density at radius 2 is 1.57 bits per heavy atom. The summed E-state index contributed by atoms with van der Waals surface area (Å²) in [6.45, 7) is 3.37. The molecule has 0 aliphatic carbocycles. The summed E-state index contributed by atoms with van der Waals surface area (Å²) in [5.41, 5.74) is 6.10. The summed E-state index contributed by atoms with van der Waals surface area (Å²) < 4.78 is 21.9. The third-order valence-electron chi connectivity index (χ3n) is 6.80. The average molecular weight is 504 g/mol. The van der Waals surface area contributed by atoms with Gasteiger partial charge in [0.05, 0.1) is 32.3 Å². The van der Waals surface area contributed by atoms with E-state index < -0.39 is 23.1 Å². The van der Waals surface area contributed by atoms with E-state index in [0.717, 1.165) is 0 Å². The fraction of sp³-hybridized carbons (Fsp3) is 0.241. The minimum atomic E-state index is -2.32. The minimum absolute atomic E-state index is 0.0106. The molecule has 0 bridgehead atoms. The first-order chi connectivity index (χ1) is 17.6. The number of rotatable bonds is 8. The molecule has 37 heavy (non-hydrogen) atoms. The number of methoxy groups -OCH3 is 3. The van der Waals surface area contributed by atoms with Gasteiger partial charge in [-0.3, -0.25) is 4.79 Å². The maximum atomic E-state index is 13.6. The van der Waals surface area contributed by atoms with Crippen LogP contribution in [0.2, 0.25) is 0 Å². The predicted molar refractivity (Wildman–Crippen MR) is 137 cm³/mol. The molecule has 0 aromatic heterocycles. The third-order valence-corrected chi connectivity index (χ3v) is 6.80. The third kappa shape index (κ3) is 4.19. The van der Waals surface area contributed by atoms with E-state index in [1.165, 1.54) is 21.3 Å². The molecule has 8 heteroatoms. The summed E-state index contributed by atoms with van der Waals surface area (Å²) in [5.74, 6) is -2.52. The van der Waals surface area contributed by atoms with Crippen LogP contribution in [0.25, 0.3) is 5.57 Å². The maximum Gasteiger partial charge on any atom is 0.342 e. The first-order valence-electron chi connectivity index (χ1n) is 11.5. The van der Waals surface area contributed by atoms with E-state index in [1.54, 1.807) is 80.6 Å². The van der Waals surface area contributed by atoms with Crippen LogP contribution in [0.5, 0.6) is 17.2 Å². The molecule has 192 valence electrons. The van der Waals surface area contributed by atoms with Gasteiger partial charge in [0.1, 0.15) is 17.2 Å². The van der Waals surface area contributed by atoms with Gasteiger partial charge in [0.25, 0.3) is 5.79 Å². The molecule has 3 N–H and O–H groups in total. The number of carbonyl (C=O) groups is 2. The zero-order chi connectivity index (χ0) is 27.0. The Hall–Kier alpha value is -4.30. The zero-order valence-corrected chi connectivity index (χ0v) is 21.3. The molecule has 1 heterocycles. The Labute approximate surface area is 215 Å². The molecule has 0 saturated heterocycles. The lowest BCUT2D eigenvalue weighted by molar-refractivity contribution is -0.187. The van der Waals surface area contributed by atoms with Crippen molar-refractivity contribution in [3.63, 3.8) is 0 Å². The van der Waals surface area contributed by atoms with Gasteiger partial charge in [-0.15, -0.1) is 0 Å². The van der Waals surface area contributed by atoms with Gasteiger partial charge >= 0.3 is 5.97 Å². The Morgan fingerprint density at radius 1 is 0.946 bits per heavy atom. The highest BCUT2D eigenvalue weighted by atomic mass is 16.7. The molecule has 4 rings (SSSR count). The van der Waals surface area contributed by atoms with E-state index in [1.807, 2.05) is 0 Å². The highest BCUT2D eigenvalue weighted by Gasteiger charge is 2.58. The number of cyclic esters (lactones) is 1. The normalized spacial score (nSPS) is 18.7. The summed E-state index contributed by atoms with van der Waals surface area (Å²) in [7, 11) is 4.50. The van der Waals surface area contributed by atoms with Crippen molar-refractivity contribution in [1.29, 1.82) is 0 Å². The monoisotopic (exact) mass is 503 g/mol. The highest BCUT2D eigenvalue weighted by Crippen LogP contribution is 2.53. The van der Waals surface area contributed by atoms with Crippen LogP contribution < -0.4 is 19.9 Å². The van der Waals surface area contributed by atoms with Crippen LogP contribution in [-0.2, 0) is 25.5 Å². The summed E-state index contributed by atoms with van der Waals surface area (Å²) in [5, 5.41) is 12.2. The molecule has 0 spiro atoms. The average Bonchev–Trinajstić information content (AvgIpc) is 3.19. The molecule has 0 fully saturated rings. The smallest absolute Gasteiger partial charge is 0.342 e. The number of carbonyl (C=O) groups excluding carboxylic acids is 2. The Balaban J connectivity index is 2.13. The summed E-state index contributed by atoms with van der Waals surface area (Å²) in [6.07, 6.45) is 0. The van der Waals surface area contributed by atoms with Crippen molar-refractivity contribution >= 4 is 17.4 Å². The second-order valence-electron chi connectivity index (χ2n) is 8.92. The highest BCUT2D eigenvalue weighted by molar-refractivity contribution is 6.22. The number of hydrogen-bond acceptors (Lipinski definition) is 7. The first kappa shape index (κ1) is 25.8. The largest absolute Gasteiger partial charge is 0.497 e. The number of esters is 1. The van der Waals surface area contributed by atoms with Crippen LogP contribution in [0, 0.1) is 6.92 Å². The molecule has 3 aromatic carbocycles. The van der Waals surface area contributed by atoms with E-state index in [2.05, 4.69) is 0 Å². The Morgan fingerprint density at radius 3 is 2.08 bits per heavy atom. The standard InChI is InChI=1S/C29H29NO7/c1-17-13-20(11-12-23(17)36-5)29(33)25(28(2,27(30)32)19-9-7-6-8-10-19)24(26(31)37-29)18-14-21(34-3)16-22(15-18)35-4/h6-16,33H,1-5H3,(H2,30,32). The van der Waals surface area contributed by atoms with Crippen molar-refractivity contribution in [3.05, 3.63) is 94.6 Å². The fourth-order valence-corrected chi connectivity index (χ4v) is 4.78. The first-order valence-corrected chi connectivity index (χ1v) is 11.5. The van der Waals surface area contributed by atoms with Crippen molar-refractivity contribution in [2.45, 2.75) is 25.0 Å². The van der Waals surface area contributed by atoms with Crippen molar-refractivity contribution in [2.75, 3.05) is 21.3 Å². The van der Waals surface area contributed by atoms with E-state index in [9.17, 15) is 14.7 Å². The number of aliphatic hydroxyl groups is 1. The van der Waals surface area contributed by atoms with Crippen molar-refractivity contribution in [2.24, 2.45) is 5.73 Å².